The zero-order valence-corrected chi connectivity index (χ0v) is 19.8. The standard InChI is InChI=1S/C25H35N3O2S/c1-4-28(23(29)21-13-19-17-30-24(2,3)15-22(19)27-21)20-11-8-12-25(31,14-20)26-16-18-9-6-5-7-10-18/h5-7,9-10,13,20,26-27,31H,4,8,11-12,14-17H2,1-3H3/t20-,25?/m0/s1. The van der Waals surface area contributed by atoms with E-state index in [9.17, 15) is 4.79 Å². The summed E-state index contributed by atoms with van der Waals surface area (Å²) in [6, 6.07) is 12.6. The SMILES string of the molecule is CCN(C(=O)c1cc2c([nH]1)CC(C)(C)OC2)[C@H]1CCCC(S)(NCc2ccccc2)C1. The first-order valence-electron chi connectivity index (χ1n) is 11.5. The van der Waals surface area contributed by atoms with Gasteiger partial charge in [0.15, 0.2) is 0 Å². The minimum atomic E-state index is -0.265. The Morgan fingerprint density at radius 2 is 2.10 bits per heavy atom. The molecule has 1 aliphatic carbocycles. The number of benzene rings is 1. The molecule has 4 rings (SSSR count). The van der Waals surface area contributed by atoms with Crippen molar-refractivity contribution in [1.82, 2.24) is 15.2 Å². The Balaban J connectivity index is 1.44. The van der Waals surface area contributed by atoms with Crippen LogP contribution < -0.4 is 5.32 Å². The summed E-state index contributed by atoms with van der Waals surface area (Å²) in [6.07, 6.45) is 4.73. The van der Waals surface area contributed by atoms with Crippen molar-refractivity contribution in [2.45, 2.75) is 82.5 Å². The highest BCUT2D eigenvalue weighted by Gasteiger charge is 2.37. The van der Waals surface area contributed by atoms with Crippen LogP contribution in [0, 0.1) is 0 Å². The lowest BCUT2D eigenvalue weighted by Gasteiger charge is -2.42. The predicted molar refractivity (Wildman–Crippen MR) is 127 cm³/mol. The van der Waals surface area contributed by atoms with E-state index < -0.39 is 0 Å². The Kier molecular flexibility index (Phi) is 6.52. The third-order valence-corrected chi connectivity index (χ3v) is 7.22. The molecule has 6 heteroatoms. The molecule has 0 bridgehead atoms. The highest BCUT2D eigenvalue weighted by atomic mass is 32.1. The van der Waals surface area contributed by atoms with Crippen molar-refractivity contribution < 1.29 is 9.53 Å². The number of hydrogen-bond acceptors (Lipinski definition) is 4. The average Bonchev–Trinajstić information content (AvgIpc) is 3.16. The number of nitrogens with one attached hydrogen (secondary N) is 2. The summed E-state index contributed by atoms with van der Waals surface area (Å²) in [5.74, 6) is 0.0837. The number of carbonyl (C=O) groups excluding carboxylic acids is 1. The van der Waals surface area contributed by atoms with Crippen LogP contribution in [0.3, 0.4) is 0 Å². The van der Waals surface area contributed by atoms with Crippen molar-refractivity contribution in [3.8, 4) is 0 Å². The molecule has 1 unspecified atom stereocenters. The van der Waals surface area contributed by atoms with Crippen LogP contribution in [0.25, 0.3) is 0 Å². The Labute approximate surface area is 191 Å². The van der Waals surface area contributed by atoms with Crippen LogP contribution in [0.5, 0.6) is 0 Å². The number of H-pyrrole nitrogens is 1. The van der Waals surface area contributed by atoms with Crippen LogP contribution in [-0.2, 0) is 24.3 Å². The maximum absolute atomic E-state index is 13.5. The Morgan fingerprint density at radius 3 is 2.84 bits per heavy atom. The number of amides is 1. The Morgan fingerprint density at radius 1 is 1.32 bits per heavy atom. The molecule has 1 aromatic heterocycles. The van der Waals surface area contributed by atoms with Gasteiger partial charge in [0.25, 0.3) is 5.91 Å². The zero-order chi connectivity index (χ0) is 22.1. The van der Waals surface area contributed by atoms with E-state index in [4.69, 9.17) is 17.4 Å². The van der Waals surface area contributed by atoms with E-state index in [1.807, 2.05) is 17.0 Å². The summed E-state index contributed by atoms with van der Waals surface area (Å²) in [5, 5.41) is 3.65. The van der Waals surface area contributed by atoms with Gasteiger partial charge in [0.05, 0.1) is 17.1 Å². The van der Waals surface area contributed by atoms with Gasteiger partial charge in [0, 0.05) is 31.2 Å². The first kappa shape index (κ1) is 22.4. The molecular weight excluding hydrogens is 406 g/mol. The second-order valence-corrected chi connectivity index (χ2v) is 10.5. The highest BCUT2D eigenvalue weighted by Crippen LogP contribution is 2.35. The summed E-state index contributed by atoms with van der Waals surface area (Å²) in [5.41, 5.74) is 3.98. The molecule has 31 heavy (non-hydrogen) atoms. The van der Waals surface area contributed by atoms with Gasteiger partial charge < -0.3 is 14.6 Å². The molecule has 0 radical (unpaired) electrons. The second-order valence-electron chi connectivity index (χ2n) is 9.62. The van der Waals surface area contributed by atoms with Crippen molar-refractivity contribution in [2.75, 3.05) is 6.54 Å². The lowest BCUT2D eigenvalue weighted by molar-refractivity contribution is -0.0406. The lowest BCUT2D eigenvalue weighted by atomic mass is 9.88. The summed E-state index contributed by atoms with van der Waals surface area (Å²) >= 11 is 5.03. The lowest BCUT2D eigenvalue weighted by Crippen LogP contribution is -2.51. The molecule has 2 atom stereocenters. The van der Waals surface area contributed by atoms with Gasteiger partial charge >= 0.3 is 0 Å². The molecule has 2 aliphatic rings. The quantitative estimate of drug-likeness (QED) is 0.450. The van der Waals surface area contributed by atoms with E-state index in [-0.39, 0.29) is 22.4 Å². The fraction of sp³-hybridized carbons (Fsp3) is 0.560. The summed E-state index contributed by atoms with van der Waals surface area (Å²) in [6.45, 7) is 8.29. The van der Waals surface area contributed by atoms with E-state index in [0.717, 1.165) is 49.9 Å². The smallest absolute Gasteiger partial charge is 0.270 e. The molecule has 1 amide bonds. The molecule has 2 heterocycles. The molecule has 1 aromatic carbocycles. The van der Waals surface area contributed by atoms with Gasteiger partial charge in [-0.25, -0.2) is 0 Å². The molecule has 1 aliphatic heterocycles. The minimum absolute atomic E-state index is 0.0837. The van der Waals surface area contributed by atoms with Gasteiger partial charge in [-0.15, -0.1) is 0 Å². The van der Waals surface area contributed by atoms with Gasteiger partial charge in [-0.2, -0.15) is 12.6 Å². The van der Waals surface area contributed by atoms with Gasteiger partial charge in [-0.3, -0.25) is 10.1 Å². The van der Waals surface area contributed by atoms with Crippen LogP contribution in [-0.4, -0.2) is 38.8 Å². The maximum Gasteiger partial charge on any atom is 0.270 e. The number of ether oxygens (including phenoxy) is 1. The van der Waals surface area contributed by atoms with E-state index in [1.54, 1.807) is 0 Å². The minimum Gasteiger partial charge on any atom is -0.370 e. The Hall–Kier alpha value is -1.76. The first-order chi connectivity index (χ1) is 14.8. The third-order valence-electron chi connectivity index (χ3n) is 6.65. The fourth-order valence-corrected chi connectivity index (χ4v) is 5.38. The second kappa shape index (κ2) is 9.00. The summed E-state index contributed by atoms with van der Waals surface area (Å²) in [7, 11) is 0. The van der Waals surface area contributed by atoms with E-state index in [0.29, 0.717) is 18.8 Å². The fourth-order valence-electron chi connectivity index (χ4n) is 4.93. The van der Waals surface area contributed by atoms with Crippen molar-refractivity contribution in [2.24, 2.45) is 0 Å². The molecule has 1 saturated carbocycles. The van der Waals surface area contributed by atoms with Gasteiger partial charge in [0.2, 0.25) is 0 Å². The van der Waals surface area contributed by atoms with Gasteiger partial charge in [-0.1, -0.05) is 30.3 Å². The molecular formula is C25H35N3O2S. The number of hydrogen-bond donors (Lipinski definition) is 3. The van der Waals surface area contributed by atoms with Crippen LogP contribution in [0.4, 0.5) is 0 Å². The van der Waals surface area contributed by atoms with Crippen LogP contribution in [0.2, 0.25) is 0 Å². The highest BCUT2D eigenvalue weighted by molar-refractivity contribution is 7.81. The van der Waals surface area contributed by atoms with Crippen LogP contribution in [0.1, 0.15) is 73.8 Å². The van der Waals surface area contributed by atoms with Crippen molar-refractivity contribution >= 4 is 18.5 Å². The van der Waals surface area contributed by atoms with Gasteiger partial charge in [0.1, 0.15) is 5.69 Å². The molecule has 1 fully saturated rings. The van der Waals surface area contributed by atoms with Crippen molar-refractivity contribution in [3.63, 3.8) is 0 Å². The van der Waals surface area contributed by atoms with E-state index in [2.05, 4.69) is 55.3 Å². The topological polar surface area (TPSA) is 57.4 Å². The van der Waals surface area contributed by atoms with Crippen LogP contribution in [0.15, 0.2) is 36.4 Å². The predicted octanol–water partition coefficient (Wildman–Crippen LogP) is 4.69. The summed E-state index contributed by atoms with van der Waals surface area (Å²) < 4.78 is 5.92. The monoisotopic (exact) mass is 441 g/mol. The number of fused-ring (bicyclic) bond motifs is 1. The molecule has 168 valence electrons. The van der Waals surface area contributed by atoms with E-state index >= 15 is 0 Å². The van der Waals surface area contributed by atoms with Crippen molar-refractivity contribution in [1.29, 1.82) is 0 Å². The number of carbonyl (C=O) groups is 1. The molecule has 0 spiro atoms. The number of thiol groups is 1. The largest absolute Gasteiger partial charge is 0.370 e. The Bertz CT molecular complexity index is 911. The molecule has 5 nitrogen and oxygen atoms in total. The zero-order valence-electron chi connectivity index (χ0n) is 18.9. The number of aromatic nitrogens is 1. The average molecular weight is 442 g/mol. The molecule has 2 N–H and O–H groups in total. The number of aromatic amines is 1. The third kappa shape index (κ3) is 5.18. The van der Waals surface area contributed by atoms with Crippen molar-refractivity contribution in [3.05, 3.63) is 58.9 Å². The normalized spacial score (nSPS) is 25.1. The van der Waals surface area contributed by atoms with Crippen LogP contribution >= 0.6 is 12.6 Å². The van der Waals surface area contributed by atoms with Gasteiger partial charge in [-0.05, 0) is 63.6 Å². The number of rotatable bonds is 6. The summed E-state index contributed by atoms with van der Waals surface area (Å²) in [4.78, 5) is 18.6. The molecule has 0 saturated heterocycles. The maximum atomic E-state index is 13.5. The van der Waals surface area contributed by atoms with E-state index in [1.165, 1.54) is 5.56 Å². The molecule has 2 aromatic rings. The number of nitrogens with zero attached hydrogens (tertiary/aromatic N) is 1. The first-order valence-corrected chi connectivity index (χ1v) is 11.9.